The molecule has 3 heteroatoms. The zero-order valence-corrected chi connectivity index (χ0v) is 11.2. The summed E-state index contributed by atoms with van der Waals surface area (Å²) in [5, 5.41) is 0. The number of benzene rings is 1. The van der Waals surface area contributed by atoms with Crippen LogP contribution < -0.4 is 4.74 Å². The highest BCUT2D eigenvalue weighted by atomic mass is 32.1. The first-order valence-electron chi connectivity index (χ1n) is 5.97. The Bertz CT molecular complexity index is 614. The van der Waals surface area contributed by atoms with Crippen LogP contribution in [0.2, 0.25) is 0 Å². The van der Waals surface area contributed by atoms with Crippen LogP contribution in [0.25, 0.3) is 0 Å². The van der Waals surface area contributed by atoms with Crippen molar-refractivity contribution < 1.29 is 9.53 Å². The van der Waals surface area contributed by atoms with Gasteiger partial charge in [-0.25, -0.2) is 0 Å². The number of rotatable bonds is 1. The Hall–Kier alpha value is -1.61. The minimum absolute atomic E-state index is 0.151. The Morgan fingerprint density at radius 2 is 2.00 bits per heavy atom. The highest BCUT2D eigenvalue weighted by molar-refractivity contribution is 7.12. The molecule has 2 nitrogen and oxygen atoms in total. The van der Waals surface area contributed by atoms with Crippen LogP contribution in [-0.4, -0.2) is 5.97 Å². The molecule has 0 bridgehead atoms. The lowest BCUT2D eigenvalue weighted by Gasteiger charge is -2.33. The van der Waals surface area contributed by atoms with E-state index in [0.717, 1.165) is 5.56 Å². The quantitative estimate of drug-likeness (QED) is 0.576. The zero-order chi connectivity index (χ0) is 12.8. The summed E-state index contributed by atoms with van der Waals surface area (Å²) < 4.78 is 5.32. The maximum absolute atomic E-state index is 11.8. The van der Waals surface area contributed by atoms with Gasteiger partial charge in [-0.15, -0.1) is 11.3 Å². The number of esters is 1. The van der Waals surface area contributed by atoms with Crippen LogP contribution >= 0.6 is 11.3 Å². The standard InChI is InChI=1S/C15H14O2S/c1-10-7-8-13(18-10)15(2)9-14(16)17-12-6-4-3-5-11(12)15/h3-8H,9H2,1-2H3. The number of fused-ring (bicyclic) bond motifs is 1. The largest absolute Gasteiger partial charge is 0.426 e. The van der Waals surface area contributed by atoms with Gasteiger partial charge in [0.2, 0.25) is 0 Å². The molecule has 1 aliphatic heterocycles. The van der Waals surface area contributed by atoms with Gasteiger partial charge in [0.25, 0.3) is 0 Å². The van der Waals surface area contributed by atoms with Crippen LogP contribution in [0.5, 0.6) is 5.75 Å². The monoisotopic (exact) mass is 258 g/mol. The second-order valence-electron chi connectivity index (χ2n) is 4.89. The van der Waals surface area contributed by atoms with E-state index in [0.29, 0.717) is 12.2 Å². The summed E-state index contributed by atoms with van der Waals surface area (Å²) in [5.74, 6) is 0.546. The van der Waals surface area contributed by atoms with Crippen molar-refractivity contribution in [3.63, 3.8) is 0 Å². The fourth-order valence-corrected chi connectivity index (χ4v) is 3.53. The number of carbonyl (C=O) groups is 1. The zero-order valence-electron chi connectivity index (χ0n) is 10.4. The van der Waals surface area contributed by atoms with Gasteiger partial charge in [0.05, 0.1) is 6.42 Å². The van der Waals surface area contributed by atoms with E-state index in [1.54, 1.807) is 11.3 Å². The molecule has 18 heavy (non-hydrogen) atoms. The van der Waals surface area contributed by atoms with Crippen LogP contribution in [-0.2, 0) is 10.2 Å². The van der Waals surface area contributed by atoms with Gasteiger partial charge in [0, 0.05) is 20.7 Å². The third kappa shape index (κ3) is 1.66. The van der Waals surface area contributed by atoms with Crippen molar-refractivity contribution in [3.05, 3.63) is 51.7 Å². The first kappa shape index (κ1) is 11.5. The minimum Gasteiger partial charge on any atom is -0.426 e. The van der Waals surface area contributed by atoms with Crippen molar-refractivity contribution in [2.24, 2.45) is 0 Å². The Labute approximate surface area is 110 Å². The summed E-state index contributed by atoms with van der Waals surface area (Å²) >= 11 is 1.75. The Balaban J connectivity index is 2.20. The summed E-state index contributed by atoms with van der Waals surface area (Å²) in [6.45, 7) is 4.21. The van der Waals surface area contributed by atoms with E-state index in [-0.39, 0.29) is 11.4 Å². The molecular formula is C15H14O2S. The number of hydrogen-bond acceptors (Lipinski definition) is 3. The number of para-hydroxylation sites is 1. The topological polar surface area (TPSA) is 26.3 Å². The lowest BCUT2D eigenvalue weighted by atomic mass is 9.76. The van der Waals surface area contributed by atoms with Gasteiger partial charge in [-0.2, -0.15) is 0 Å². The molecule has 0 saturated carbocycles. The molecule has 0 saturated heterocycles. The Kier molecular flexibility index (Phi) is 2.52. The van der Waals surface area contributed by atoms with E-state index in [9.17, 15) is 4.79 Å². The predicted molar refractivity (Wildman–Crippen MR) is 72.2 cm³/mol. The van der Waals surface area contributed by atoms with Crippen molar-refractivity contribution in [1.82, 2.24) is 0 Å². The molecule has 1 unspecified atom stereocenters. The molecule has 92 valence electrons. The first-order chi connectivity index (χ1) is 8.59. The molecule has 0 spiro atoms. The molecule has 3 rings (SSSR count). The van der Waals surface area contributed by atoms with Crippen molar-refractivity contribution in [2.75, 3.05) is 0 Å². The number of hydrogen-bond donors (Lipinski definition) is 0. The molecule has 0 aliphatic carbocycles. The van der Waals surface area contributed by atoms with Crippen LogP contribution in [0.15, 0.2) is 36.4 Å². The van der Waals surface area contributed by atoms with Gasteiger partial charge >= 0.3 is 5.97 Å². The maximum atomic E-state index is 11.8. The summed E-state index contributed by atoms with van der Waals surface area (Å²) in [5.41, 5.74) is 0.844. The van der Waals surface area contributed by atoms with Crippen molar-refractivity contribution >= 4 is 17.3 Å². The smallest absolute Gasteiger partial charge is 0.312 e. The molecular weight excluding hydrogens is 244 g/mol. The number of ether oxygens (including phenoxy) is 1. The van der Waals surface area contributed by atoms with E-state index < -0.39 is 0 Å². The van der Waals surface area contributed by atoms with Crippen LogP contribution in [0.1, 0.15) is 28.7 Å². The molecule has 2 heterocycles. The molecule has 1 aromatic heterocycles. The minimum atomic E-state index is -0.259. The number of aryl methyl sites for hydroxylation is 1. The highest BCUT2D eigenvalue weighted by Crippen LogP contribution is 2.45. The molecule has 1 aromatic carbocycles. The third-order valence-electron chi connectivity index (χ3n) is 3.49. The van der Waals surface area contributed by atoms with Crippen molar-refractivity contribution in [1.29, 1.82) is 0 Å². The summed E-state index contributed by atoms with van der Waals surface area (Å²) in [6, 6.07) is 12.0. The van der Waals surface area contributed by atoms with Gasteiger partial charge in [-0.1, -0.05) is 18.2 Å². The molecule has 0 N–H and O–H groups in total. The van der Waals surface area contributed by atoms with Gasteiger partial charge in [0.15, 0.2) is 0 Å². The lowest BCUT2D eigenvalue weighted by molar-refractivity contribution is -0.136. The van der Waals surface area contributed by atoms with Gasteiger partial charge < -0.3 is 4.74 Å². The average Bonchev–Trinajstić information content (AvgIpc) is 2.76. The highest BCUT2D eigenvalue weighted by Gasteiger charge is 2.39. The molecule has 2 aromatic rings. The normalized spacial score (nSPS) is 22.4. The Morgan fingerprint density at radius 3 is 2.72 bits per heavy atom. The third-order valence-corrected chi connectivity index (χ3v) is 4.75. The Morgan fingerprint density at radius 1 is 1.22 bits per heavy atom. The summed E-state index contributed by atoms with van der Waals surface area (Å²) in [6.07, 6.45) is 0.407. The maximum Gasteiger partial charge on any atom is 0.312 e. The fourth-order valence-electron chi connectivity index (χ4n) is 2.51. The SMILES string of the molecule is Cc1ccc(C2(C)CC(=O)Oc3ccccc32)s1. The van der Waals surface area contributed by atoms with Crippen LogP contribution in [0.3, 0.4) is 0 Å². The predicted octanol–water partition coefficient (Wildman–Crippen LogP) is 3.67. The fraction of sp³-hybridized carbons (Fsp3) is 0.267. The van der Waals surface area contributed by atoms with E-state index in [4.69, 9.17) is 4.74 Å². The van der Waals surface area contributed by atoms with Crippen molar-refractivity contribution in [2.45, 2.75) is 25.7 Å². The number of carbonyl (C=O) groups excluding carboxylic acids is 1. The molecule has 1 aliphatic rings. The first-order valence-corrected chi connectivity index (χ1v) is 6.78. The summed E-state index contributed by atoms with van der Waals surface area (Å²) in [7, 11) is 0. The molecule has 0 fully saturated rings. The van der Waals surface area contributed by atoms with Crippen molar-refractivity contribution in [3.8, 4) is 5.75 Å². The van der Waals surface area contributed by atoms with Crippen LogP contribution in [0, 0.1) is 6.92 Å². The lowest BCUT2D eigenvalue weighted by Crippen LogP contribution is -2.33. The van der Waals surface area contributed by atoms with Gasteiger partial charge in [-0.3, -0.25) is 4.79 Å². The molecule has 0 radical (unpaired) electrons. The van der Waals surface area contributed by atoms with E-state index >= 15 is 0 Å². The van der Waals surface area contributed by atoms with Crippen LogP contribution in [0.4, 0.5) is 0 Å². The van der Waals surface area contributed by atoms with E-state index in [1.165, 1.54) is 9.75 Å². The van der Waals surface area contributed by atoms with E-state index in [2.05, 4.69) is 32.0 Å². The molecule has 1 atom stereocenters. The van der Waals surface area contributed by atoms with E-state index in [1.807, 2.05) is 18.2 Å². The van der Waals surface area contributed by atoms with Gasteiger partial charge in [0.1, 0.15) is 5.75 Å². The number of thiophene rings is 1. The second kappa shape index (κ2) is 3.95. The molecule has 0 amide bonds. The average molecular weight is 258 g/mol. The summed E-state index contributed by atoms with van der Waals surface area (Å²) in [4.78, 5) is 14.3. The van der Waals surface area contributed by atoms with Gasteiger partial charge in [-0.05, 0) is 32.0 Å². The second-order valence-corrected chi connectivity index (χ2v) is 6.18.